The van der Waals surface area contributed by atoms with Gasteiger partial charge in [-0.05, 0) is 52.2 Å². The maximum Gasteiger partial charge on any atom is 0.0730 e. The lowest BCUT2D eigenvalue weighted by Gasteiger charge is -2.37. The van der Waals surface area contributed by atoms with Crippen LogP contribution in [0.5, 0.6) is 0 Å². The summed E-state index contributed by atoms with van der Waals surface area (Å²) < 4.78 is 5.81. The molecule has 1 N–H and O–H groups in total. The molecule has 15 heavy (non-hydrogen) atoms. The van der Waals surface area contributed by atoms with Crippen LogP contribution in [0.4, 0.5) is 0 Å². The molecule has 1 aliphatic heterocycles. The molecule has 0 aromatic heterocycles. The molecule has 2 rings (SSSR count). The van der Waals surface area contributed by atoms with E-state index in [1.165, 1.54) is 38.6 Å². The number of fused-ring (bicyclic) bond motifs is 1. The van der Waals surface area contributed by atoms with Gasteiger partial charge >= 0.3 is 0 Å². The molecule has 1 saturated heterocycles. The first-order valence-corrected chi connectivity index (χ1v) is 6.42. The Kier molecular flexibility index (Phi) is 4.42. The third kappa shape index (κ3) is 2.92. The van der Waals surface area contributed by atoms with Gasteiger partial charge in [-0.15, -0.1) is 0 Å². The van der Waals surface area contributed by atoms with Gasteiger partial charge in [0.2, 0.25) is 0 Å². The zero-order valence-corrected chi connectivity index (χ0v) is 9.87. The first-order valence-electron chi connectivity index (χ1n) is 6.42. The number of hydrogen-bond acceptors (Lipinski definition) is 3. The van der Waals surface area contributed by atoms with Gasteiger partial charge in [-0.2, -0.15) is 0 Å². The Morgan fingerprint density at radius 3 is 3.13 bits per heavy atom. The van der Waals surface area contributed by atoms with Crippen LogP contribution in [-0.4, -0.2) is 50.3 Å². The molecular formula is C12H24N2O. The van der Waals surface area contributed by atoms with Gasteiger partial charge in [-0.3, -0.25) is 4.90 Å². The van der Waals surface area contributed by atoms with Crippen LogP contribution >= 0.6 is 0 Å². The van der Waals surface area contributed by atoms with Gasteiger partial charge in [-0.1, -0.05) is 0 Å². The van der Waals surface area contributed by atoms with Crippen LogP contribution in [0.1, 0.15) is 32.1 Å². The van der Waals surface area contributed by atoms with E-state index in [0.717, 1.165) is 25.7 Å². The van der Waals surface area contributed by atoms with Crippen molar-refractivity contribution in [2.45, 2.75) is 44.2 Å². The van der Waals surface area contributed by atoms with Crippen molar-refractivity contribution in [1.29, 1.82) is 0 Å². The highest BCUT2D eigenvalue weighted by atomic mass is 16.5. The van der Waals surface area contributed by atoms with Crippen molar-refractivity contribution in [2.24, 2.45) is 0 Å². The van der Waals surface area contributed by atoms with Crippen LogP contribution in [-0.2, 0) is 4.74 Å². The lowest BCUT2D eigenvalue weighted by atomic mass is 10.1. The van der Waals surface area contributed by atoms with Gasteiger partial charge < -0.3 is 10.1 Å². The molecule has 1 heterocycles. The Balaban J connectivity index is 1.71. The quantitative estimate of drug-likeness (QED) is 0.694. The number of hydrogen-bond donors (Lipinski definition) is 1. The Hall–Kier alpha value is -0.120. The normalized spacial score (nSPS) is 31.8. The molecule has 0 aromatic carbocycles. The maximum atomic E-state index is 5.81. The number of nitrogens with zero attached hydrogens (tertiary/aromatic N) is 1. The molecule has 0 radical (unpaired) electrons. The number of ether oxygens (including phenoxy) is 1. The molecule has 3 heteroatoms. The predicted octanol–water partition coefficient (Wildman–Crippen LogP) is 1.24. The fourth-order valence-electron chi connectivity index (χ4n) is 2.90. The molecule has 2 aliphatic rings. The second kappa shape index (κ2) is 5.83. The fourth-order valence-corrected chi connectivity index (χ4v) is 2.90. The van der Waals surface area contributed by atoms with Crippen LogP contribution in [0, 0.1) is 0 Å². The third-order valence-corrected chi connectivity index (χ3v) is 3.72. The second-order valence-corrected chi connectivity index (χ2v) is 4.75. The van der Waals surface area contributed by atoms with E-state index in [0.29, 0.717) is 6.10 Å². The summed E-state index contributed by atoms with van der Waals surface area (Å²) in [5.41, 5.74) is 0. The van der Waals surface area contributed by atoms with E-state index in [-0.39, 0.29) is 0 Å². The van der Waals surface area contributed by atoms with E-state index >= 15 is 0 Å². The highest BCUT2D eigenvalue weighted by molar-refractivity contribution is 4.89. The minimum absolute atomic E-state index is 0.558. The molecule has 88 valence electrons. The van der Waals surface area contributed by atoms with Gasteiger partial charge in [0.1, 0.15) is 0 Å². The van der Waals surface area contributed by atoms with E-state index in [2.05, 4.69) is 10.2 Å². The highest BCUT2D eigenvalue weighted by Crippen LogP contribution is 2.29. The molecule has 3 nitrogen and oxygen atoms in total. The van der Waals surface area contributed by atoms with Crippen LogP contribution in [0.2, 0.25) is 0 Å². The SMILES string of the molecule is CNCCCCN1CCOC2CCCC21. The molecule has 2 unspecified atom stereocenters. The van der Waals surface area contributed by atoms with Crippen molar-refractivity contribution in [1.82, 2.24) is 10.2 Å². The van der Waals surface area contributed by atoms with Gasteiger partial charge in [-0.25, -0.2) is 0 Å². The summed E-state index contributed by atoms with van der Waals surface area (Å²) in [6.07, 6.45) is 7.19. The lowest BCUT2D eigenvalue weighted by Crippen LogP contribution is -2.48. The van der Waals surface area contributed by atoms with Gasteiger partial charge in [0.15, 0.2) is 0 Å². The van der Waals surface area contributed by atoms with E-state index in [1.807, 2.05) is 7.05 Å². The fraction of sp³-hybridized carbons (Fsp3) is 1.00. The average Bonchev–Trinajstić information content (AvgIpc) is 2.73. The summed E-state index contributed by atoms with van der Waals surface area (Å²) in [6, 6.07) is 0.744. The first-order chi connectivity index (χ1) is 7.42. The maximum absolute atomic E-state index is 5.81. The van der Waals surface area contributed by atoms with Gasteiger partial charge in [0.05, 0.1) is 12.7 Å². The number of nitrogens with one attached hydrogen (secondary N) is 1. The Morgan fingerprint density at radius 2 is 2.27 bits per heavy atom. The Labute approximate surface area is 93.2 Å². The summed E-state index contributed by atoms with van der Waals surface area (Å²) in [5, 5.41) is 3.21. The van der Waals surface area contributed by atoms with Gasteiger partial charge in [0.25, 0.3) is 0 Å². The zero-order chi connectivity index (χ0) is 10.5. The predicted molar refractivity (Wildman–Crippen MR) is 62.1 cm³/mol. The molecule has 0 spiro atoms. The van der Waals surface area contributed by atoms with E-state index in [1.54, 1.807) is 0 Å². The third-order valence-electron chi connectivity index (χ3n) is 3.72. The molecule has 0 amide bonds. The van der Waals surface area contributed by atoms with Crippen molar-refractivity contribution in [3.63, 3.8) is 0 Å². The average molecular weight is 212 g/mol. The molecule has 1 aliphatic carbocycles. The summed E-state index contributed by atoms with van der Waals surface area (Å²) >= 11 is 0. The zero-order valence-electron chi connectivity index (χ0n) is 9.87. The van der Waals surface area contributed by atoms with Crippen molar-refractivity contribution < 1.29 is 4.74 Å². The highest BCUT2D eigenvalue weighted by Gasteiger charge is 2.35. The van der Waals surface area contributed by atoms with E-state index in [9.17, 15) is 0 Å². The van der Waals surface area contributed by atoms with Crippen LogP contribution in [0.25, 0.3) is 0 Å². The van der Waals surface area contributed by atoms with Crippen LogP contribution in [0.15, 0.2) is 0 Å². The molecule has 2 atom stereocenters. The van der Waals surface area contributed by atoms with Crippen LogP contribution < -0.4 is 5.32 Å². The first kappa shape index (κ1) is 11.4. The van der Waals surface area contributed by atoms with Crippen LogP contribution in [0.3, 0.4) is 0 Å². The number of unbranched alkanes of at least 4 members (excludes halogenated alkanes) is 1. The van der Waals surface area contributed by atoms with Crippen molar-refractivity contribution in [2.75, 3.05) is 33.3 Å². The molecule has 0 bridgehead atoms. The van der Waals surface area contributed by atoms with Crippen molar-refractivity contribution in [3.8, 4) is 0 Å². The summed E-state index contributed by atoms with van der Waals surface area (Å²) in [7, 11) is 2.03. The second-order valence-electron chi connectivity index (χ2n) is 4.75. The Morgan fingerprint density at radius 1 is 1.33 bits per heavy atom. The largest absolute Gasteiger partial charge is 0.375 e. The number of morpholine rings is 1. The standard InChI is InChI=1S/C12H24N2O/c1-13-7-2-3-8-14-9-10-15-12-6-4-5-11(12)14/h11-13H,2-10H2,1H3. The van der Waals surface area contributed by atoms with Crippen molar-refractivity contribution in [3.05, 3.63) is 0 Å². The molecule has 2 fully saturated rings. The van der Waals surface area contributed by atoms with Crippen molar-refractivity contribution >= 4 is 0 Å². The minimum atomic E-state index is 0.558. The topological polar surface area (TPSA) is 24.5 Å². The lowest BCUT2D eigenvalue weighted by molar-refractivity contribution is -0.0557. The summed E-state index contributed by atoms with van der Waals surface area (Å²) in [4.78, 5) is 2.66. The molecule has 1 saturated carbocycles. The number of rotatable bonds is 5. The smallest absolute Gasteiger partial charge is 0.0730 e. The monoisotopic (exact) mass is 212 g/mol. The molecule has 0 aromatic rings. The van der Waals surface area contributed by atoms with E-state index in [4.69, 9.17) is 4.74 Å². The summed E-state index contributed by atoms with van der Waals surface area (Å²) in [6.45, 7) is 4.53. The van der Waals surface area contributed by atoms with E-state index < -0.39 is 0 Å². The minimum Gasteiger partial charge on any atom is -0.375 e. The summed E-state index contributed by atoms with van der Waals surface area (Å²) in [5.74, 6) is 0. The molecular weight excluding hydrogens is 188 g/mol. The Bertz CT molecular complexity index is 186. The van der Waals surface area contributed by atoms with Gasteiger partial charge in [0, 0.05) is 12.6 Å².